The third-order valence-corrected chi connectivity index (χ3v) is 11.8. The highest BCUT2D eigenvalue weighted by Crippen LogP contribution is 2.41. The molecule has 10 aromatic carbocycles. The first kappa shape index (κ1) is 35.2. The first-order chi connectivity index (χ1) is 29.7. The van der Waals surface area contributed by atoms with E-state index in [0.717, 1.165) is 33.9 Å². The molecule has 0 spiro atoms. The average Bonchev–Trinajstić information content (AvgIpc) is 3.67. The Morgan fingerprint density at radius 3 is 1.45 bits per heavy atom. The van der Waals surface area contributed by atoms with Crippen LogP contribution in [0.1, 0.15) is 0 Å². The van der Waals surface area contributed by atoms with Gasteiger partial charge >= 0.3 is 0 Å². The fraction of sp³-hybridized carbons (Fsp3) is 0. The molecule has 0 saturated carbocycles. The summed E-state index contributed by atoms with van der Waals surface area (Å²) in [7, 11) is 0. The molecule has 0 atom stereocenters. The summed E-state index contributed by atoms with van der Waals surface area (Å²) in [6.07, 6.45) is 0. The zero-order valence-electron chi connectivity index (χ0n) is 33.0. The molecule has 2 nitrogen and oxygen atoms in total. The first-order valence-corrected chi connectivity index (χ1v) is 20.6. The summed E-state index contributed by atoms with van der Waals surface area (Å²) in [5.41, 5.74) is 16.3. The van der Waals surface area contributed by atoms with E-state index in [9.17, 15) is 0 Å². The predicted molar refractivity (Wildman–Crippen MR) is 255 cm³/mol. The van der Waals surface area contributed by atoms with Crippen molar-refractivity contribution in [1.82, 2.24) is 4.57 Å². The Hall–Kier alpha value is -7.94. The van der Waals surface area contributed by atoms with Crippen LogP contribution in [0.2, 0.25) is 0 Å². The zero-order chi connectivity index (χ0) is 39.8. The number of hydrogen-bond acceptors (Lipinski definition) is 1. The quantitative estimate of drug-likeness (QED) is 0.150. The largest absolute Gasteiger partial charge is 0.310 e. The van der Waals surface area contributed by atoms with Crippen molar-refractivity contribution in [2.24, 2.45) is 0 Å². The molecule has 0 bridgehead atoms. The third-order valence-electron chi connectivity index (χ3n) is 11.8. The highest BCUT2D eigenvalue weighted by molar-refractivity contribution is 6.09. The monoisotopic (exact) mass is 764 g/mol. The van der Waals surface area contributed by atoms with E-state index in [4.69, 9.17) is 0 Å². The van der Waals surface area contributed by atoms with Crippen LogP contribution in [0.15, 0.2) is 243 Å². The normalized spacial score (nSPS) is 11.3. The molecule has 0 unspecified atom stereocenters. The first-order valence-electron chi connectivity index (χ1n) is 20.6. The van der Waals surface area contributed by atoms with Crippen LogP contribution in [-0.2, 0) is 0 Å². The van der Waals surface area contributed by atoms with Gasteiger partial charge in [0, 0.05) is 33.4 Å². The van der Waals surface area contributed by atoms with Crippen molar-refractivity contribution in [2.45, 2.75) is 0 Å². The number of anilines is 3. The van der Waals surface area contributed by atoms with Gasteiger partial charge in [-0.3, -0.25) is 0 Å². The van der Waals surface area contributed by atoms with Gasteiger partial charge in [0.25, 0.3) is 0 Å². The highest BCUT2D eigenvalue weighted by atomic mass is 15.1. The maximum atomic E-state index is 2.41. The minimum atomic E-state index is 1.09. The molecule has 0 saturated heterocycles. The van der Waals surface area contributed by atoms with E-state index in [1.54, 1.807) is 0 Å². The van der Waals surface area contributed by atoms with Gasteiger partial charge in [-0.25, -0.2) is 0 Å². The molecule has 1 heterocycles. The molecular weight excluding hydrogens is 725 g/mol. The van der Waals surface area contributed by atoms with E-state index in [-0.39, 0.29) is 0 Å². The van der Waals surface area contributed by atoms with Crippen molar-refractivity contribution in [3.05, 3.63) is 243 Å². The van der Waals surface area contributed by atoms with E-state index in [1.807, 2.05) is 0 Å². The molecule has 1 aromatic heterocycles. The van der Waals surface area contributed by atoms with E-state index in [1.165, 1.54) is 66.0 Å². The topological polar surface area (TPSA) is 8.17 Å². The number of aromatic nitrogens is 1. The van der Waals surface area contributed by atoms with Gasteiger partial charge in [0.05, 0.1) is 16.7 Å². The fourth-order valence-electron chi connectivity index (χ4n) is 8.84. The van der Waals surface area contributed by atoms with Crippen LogP contribution in [0, 0.1) is 0 Å². The SMILES string of the molecule is c1ccc(-c2ccc(N(c3ccc(-c4ccccc4-n4c5ccccc5c5ccccc54)cc3)c3cccc(-c4cccc(-c5ccc6ccccc6c5)c4)c3)cc2)cc1. The lowest BCUT2D eigenvalue weighted by Crippen LogP contribution is -2.10. The van der Waals surface area contributed by atoms with Crippen LogP contribution in [0.4, 0.5) is 17.1 Å². The van der Waals surface area contributed by atoms with Crippen LogP contribution in [0.3, 0.4) is 0 Å². The molecule has 60 heavy (non-hydrogen) atoms. The van der Waals surface area contributed by atoms with Crippen molar-refractivity contribution < 1.29 is 0 Å². The number of fused-ring (bicyclic) bond motifs is 4. The Bertz CT molecular complexity index is 3250. The Morgan fingerprint density at radius 2 is 0.750 bits per heavy atom. The summed E-state index contributed by atoms with van der Waals surface area (Å²) in [5.74, 6) is 0. The minimum absolute atomic E-state index is 1.09. The van der Waals surface area contributed by atoms with Gasteiger partial charge in [-0.15, -0.1) is 0 Å². The molecule has 11 rings (SSSR count). The van der Waals surface area contributed by atoms with Crippen LogP contribution in [-0.4, -0.2) is 4.57 Å². The lowest BCUT2D eigenvalue weighted by Gasteiger charge is -2.26. The van der Waals surface area contributed by atoms with E-state index in [2.05, 4.69) is 252 Å². The Kier molecular flexibility index (Phi) is 8.87. The summed E-state index contributed by atoms with van der Waals surface area (Å²) < 4.78 is 2.41. The van der Waals surface area contributed by atoms with Gasteiger partial charge in [-0.2, -0.15) is 0 Å². The Labute approximate surface area is 350 Å². The van der Waals surface area contributed by atoms with Crippen molar-refractivity contribution in [3.63, 3.8) is 0 Å². The van der Waals surface area contributed by atoms with Gasteiger partial charge in [0.1, 0.15) is 0 Å². The van der Waals surface area contributed by atoms with Gasteiger partial charge in [0.2, 0.25) is 0 Å². The second-order valence-electron chi connectivity index (χ2n) is 15.4. The summed E-state index contributed by atoms with van der Waals surface area (Å²) in [6.45, 7) is 0. The maximum absolute atomic E-state index is 2.41. The van der Waals surface area contributed by atoms with Gasteiger partial charge in [-0.05, 0) is 116 Å². The second kappa shape index (κ2) is 15.1. The lowest BCUT2D eigenvalue weighted by atomic mass is 9.97. The van der Waals surface area contributed by atoms with E-state index in [0.29, 0.717) is 0 Å². The average molecular weight is 765 g/mol. The maximum Gasteiger partial charge on any atom is 0.0541 e. The standard InChI is InChI=1S/C58H40N2/c1-2-14-41(15-3-1)43-30-34-50(35-31-43)59(52-21-13-20-48(40-52)46-18-12-19-47(39-46)49-29-28-42-16-4-5-17-45(42)38-49)51-36-32-44(33-37-51)53-22-6-9-25-56(53)60-57-26-10-7-23-54(57)55-24-8-11-27-58(55)60/h1-40H. The molecule has 0 N–H and O–H groups in total. The number of nitrogens with zero attached hydrogens (tertiary/aromatic N) is 2. The van der Waals surface area contributed by atoms with Gasteiger partial charge in [-0.1, -0.05) is 176 Å². The Morgan fingerprint density at radius 1 is 0.267 bits per heavy atom. The summed E-state index contributed by atoms with van der Waals surface area (Å²) in [5, 5.41) is 5.02. The van der Waals surface area contributed by atoms with Crippen molar-refractivity contribution >= 4 is 49.6 Å². The van der Waals surface area contributed by atoms with E-state index < -0.39 is 0 Å². The van der Waals surface area contributed by atoms with Crippen LogP contribution in [0.5, 0.6) is 0 Å². The van der Waals surface area contributed by atoms with Crippen LogP contribution >= 0.6 is 0 Å². The number of rotatable bonds is 8. The molecule has 0 aliphatic carbocycles. The molecule has 282 valence electrons. The number of benzene rings is 10. The van der Waals surface area contributed by atoms with Crippen LogP contribution < -0.4 is 4.90 Å². The summed E-state index contributed by atoms with van der Waals surface area (Å²) in [4.78, 5) is 2.37. The smallest absolute Gasteiger partial charge is 0.0541 e. The second-order valence-corrected chi connectivity index (χ2v) is 15.4. The molecule has 0 fully saturated rings. The van der Waals surface area contributed by atoms with E-state index >= 15 is 0 Å². The fourth-order valence-corrected chi connectivity index (χ4v) is 8.84. The molecule has 0 aliphatic heterocycles. The van der Waals surface area contributed by atoms with Crippen molar-refractivity contribution in [3.8, 4) is 50.2 Å². The van der Waals surface area contributed by atoms with Gasteiger partial charge < -0.3 is 9.47 Å². The highest BCUT2D eigenvalue weighted by Gasteiger charge is 2.18. The summed E-state index contributed by atoms with van der Waals surface area (Å²) >= 11 is 0. The molecule has 11 aromatic rings. The zero-order valence-corrected chi connectivity index (χ0v) is 33.0. The third kappa shape index (κ3) is 6.41. The van der Waals surface area contributed by atoms with Crippen molar-refractivity contribution in [2.75, 3.05) is 4.90 Å². The van der Waals surface area contributed by atoms with Gasteiger partial charge in [0.15, 0.2) is 0 Å². The van der Waals surface area contributed by atoms with Crippen molar-refractivity contribution in [1.29, 1.82) is 0 Å². The predicted octanol–water partition coefficient (Wildman–Crippen LogP) is 16.1. The molecule has 0 amide bonds. The number of para-hydroxylation sites is 3. The molecule has 0 radical (unpaired) electrons. The molecular formula is C58H40N2. The number of hydrogen-bond donors (Lipinski definition) is 0. The Balaban J connectivity index is 0.997. The summed E-state index contributed by atoms with van der Waals surface area (Å²) in [6, 6.07) is 87.9. The minimum Gasteiger partial charge on any atom is -0.310 e. The lowest BCUT2D eigenvalue weighted by molar-refractivity contribution is 1.18. The van der Waals surface area contributed by atoms with Crippen LogP contribution in [0.25, 0.3) is 82.8 Å². The molecule has 0 aliphatic rings. The molecule has 2 heteroatoms.